The average Bonchev–Trinajstić information content (AvgIpc) is 2.98. The molecule has 0 bridgehead atoms. The van der Waals surface area contributed by atoms with E-state index in [0.717, 1.165) is 16.8 Å². The molecule has 4 heteroatoms. The van der Waals surface area contributed by atoms with E-state index >= 15 is 0 Å². The first-order chi connectivity index (χ1) is 6.88. The molecule has 1 N–H and O–H groups in total. The van der Waals surface area contributed by atoms with E-state index in [2.05, 4.69) is 15.2 Å². The van der Waals surface area contributed by atoms with Crippen LogP contribution in [0.5, 0.6) is 5.75 Å². The zero-order valence-electron chi connectivity index (χ0n) is 7.95. The van der Waals surface area contributed by atoms with E-state index in [4.69, 9.17) is 4.74 Å². The minimum Gasteiger partial charge on any atom is -0.495 e. The van der Waals surface area contributed by atoms with Gasteiger partial charge in [0, 0.05) is 17.0 Å². The summed E-state index contributed by atoms with van der Waals surface area (Å²) >= 11 is 0. The van der Waals surface area contributed by atoms with Gasteiger partial charge in [-0.1, -0.05) is 0 Å². The first-order valence-corrected chi connectivity index (χ1v) is 4.76. The minimum absolute atomic E-state index is 0.661. The molecule has 2 heterocycles. The topological polar surface area (TPSA) is 50.8 Å². The quantitative estimate of drug-likeness (QED) is 0.784. The molecule has 14 heavy (non-hydrogen) atoms. The maximum absolute atomic E-state index is 5.14. The second-order valence-electron chi connectivity index (χ2n) is 3.66. The summed E-state index contributed by atoms with van der Waals surface area (Å²) in [7, 11) is 1.65. The molecule has 1 saturated carbocycles. The third-order valence-corrected chi connectivity index (χ3v) is 2.64. The molecule has 2 aromatic rings. The largest absolute Gasteiger partial charge is 0.495 e. The van der Waals surface area contributed by atoms with Gasteiger partial charge in [-0.3, -0.25) is 5.10 Å². The number of methoxy groups -OCH3 is 1. The normalized spacial score (nSPS) is 16.1. The molecular weight excluding hydrogens is 178 g/mol. The Labute approximate surface area is 81.3 Å². The Morgan fingerprint density at radius 1 is 1.50 bits per heavy atom. The van der Waals surface area contributed by atoms with E-state index < -0.39 is 0 Å². The van der Waals surface area contributed by atoms with E-state index in [1.807, 2.05) is 6.07 Å². The second-order valence-corrected chi connectivity index (χ2v) is 3.66. The Kier molecular flexibility index (Phi) is 1.50. The molecule has 3 rings (SSSR count). The standard InChI is InChI=1S/C10H11N3O/c1-14-7-4-8-9(6-2-3-6)12-13-10(8)11-5-7/h4-6H,2-3H2,1H3,(H,11,12,13). The number of rotatable bonds is 2. The third kappa shape index (κ3) is 1.07. The Morgan fingerprint density at radius 2 is 2.36 bits per heavy atom. The van der Waals surface area contributed by atoms with Crippen molar-refractivity contribution in [3.8, 4) is 5.75 Å². The van der Waals surface area contributed by atoms with Crippen molar-refractivity contribution in [1.29, 1.82) is 0 Å². The molecule has 0 spiro atoms. The molecule has 0 aromatic carbocycles. The first-order valence-electron chi connectivity index (χ1n) is 4.76. The zero-order valence-corrected chi connectivity index (χ0v) is 7.95. The van der Waals surface area contributed by atoms with Crippen LogP contribution in [0.25, 0.3) is 11.0 Å². The molecule has 0 atom stereocenters. The van der Waals surface area contributed by atoms with Crippen LogP contribution in [0.3, 0.4) is 0 Å². The summed E-state index contributed by atoms with van der Waals surface area (Å²) in [5, 5.41) is 8.33. The summed E-state index contributed by atoms with van der Waals surface area (Å²) < 4.78 is 5.14. The van der Waals surface area contributed by atoms with Gasteiger partial charge in [-0.2, -0.15) is 5.10 Å². The smallest absolute Gasteiger partial charge is 0.181 e. The molecule has 0 radical (unpaired) electrons. The highest BCUT2D eigenvalue weighted by atomic mass is 16.5. The summed E-state index contributed by atoms with van der Waals surface area (Å²) in [5.74, 6) is 1.45. The van der Waals surface area contributed by atoms with Crippen molar-refractivity contribution in [2.45, 2.75) is 18.8 Å². The number of pyridine rings is 1. The molecule has 72 valence electrons. The van der Waals surface area contributed by atoms with Crippen LogP contribution in [0.2, 0.25) is 0 Å². The first kappa shape index (κ1) is 7.79. The predicted octanol–water partition coefficient (Wildman–Crippen LogP) is 1.84. The third-order valence-electron chi connectivity index (χ3n) is 2.64. The number of aromatic amines is 1. The van der Waals surface area contributed by atoms with E-state index in [-0.39, 0.29) is 0 Å². The highest BCUT2D eigenvalue weighted by Gasteiger charge is 2.27. The van der Waals surface area contributed by atoms with Gasteiger partial charge in [0.1, 0.15) is 5.75 Å². The summed E-state index contributed by atoms with van der Waals surface area (Å²) in [5.41, 5.74) is 2.00. The minimum atomic E-state index is 0.661. The SMILES string of the molecule is COc1cnc2n[nH]c(C3CC3)c2c1. The number of nitrogens with one attached hydrogen (secondary N) is 1. The number of nitrogens with zero attached hydrogens (tertiary/aromatic N) is 2. The molecule has 0 aliphatic heterocycles. The Bertz CT molecular complexity index is 473. The number of hydrogen-bond donors (Lipinski definition) is 1. The lowest BCUT2D eigenvalue weighted by molar-refractivity contribution is 0.413. The van der Waals surface area contributed by atoms with Crippen molar-refractivity contribution in [3.63, 3.8) is 0 Å². The van der Waals surface area contributed by atoms with E-state index in [0.29, 0.717) is 5.92 Å². The molecule has 1 aliphatic rings. The lowest BCUT2D eigenvalue weighted by Gasteiger charge is -1.98. The van der Waals surface area contributed by atoms with Crippen LogP contribution in [-0.4, -0.2) is 22.3 Å². The highest BCUT2D eigenvalue weighted by molar-refractivity contribution is 5.79. The van der Waals surface area contributed by atoms with Crippen LogP contribution in [0, 0.1) is 0 Å². The van der Waals surface area contributed by atoms with Crippen LogP contribution in [-0.2, 0) is 0 Å². The van der Waals surface area contributed by atoms with E-state index in [1.165, 1.54) is 18.5 Å². The van der Waals surface area contributed by atoms with Crippen LogP contribution in [0.4, 0.5) is 0 Å². The summed E-state index contributed by atoms with van der Waals surface area (Å²) in [4.78, 5) is 4.22. The van der Waals surface area contributed by atoms with Crippen LogP contribution in [0.15, 0.2) is 12.3 Å². The summed E-state index contributed by atoms with van der Waals surface area (Å²) in [6, 6.07) is 2.00. The van der Waals surface area contributed by atoms with Gasteiger partial charge in [-0.15, -0.1) is 0 Å². The van der Waals surface area contributed by atoms with Gasteiger partial charge in [0.25, 0.3) is 0 Å². The number of ether oxygens (including phenoxy) is 1. The fraction of sp³-hybridized carbons (Fsp3) is 0.400. The van der Waals surface area contributed by atoms with Crippen LogP contribution < -0.4 is 4.74 Å². The molecule has 0 unspecified atom stereocenters. The second kappa shape index (κ2) is 2.70. The summed E-state index contributed by atoms with van der Waals surface area (Å²) in [6.45, 7) is 0. The van der Waals surface area contributed by atoms with Gasteiger partial charge >= 0.3 is 0 Å². The van der Waals surface area contributed by atoms with Crippen molar-refractivity contribution >= 4 is 11.0 Å². The predicted molar refractivity (Wildman–Crippen MR) is 52.4 cm³/mol. The Hall–Kier alpha value is -1.58. The monoisotopic (exact) mass is 189 g/mol. The van der Waals surface area contributed by atoms with E-state index in [9.17, 15) is 0 Å². The van der Waals surface area contributed by atoms with Gasteiger partial charge in [-0.05, 0) is 18.9 Å². The van der Waals surface area contributed by atoms with Crippen molar-refractivity contribution in [3.05, 3.63) is 18.0 Å². The lowest BCUT2D eigenvalue weighted by atomic mass is 10.2. The van der Waals surface area contributed by atoms with Gasteiger partial charge in [-0.25, -0.2) is 4.98 Å². The maximum Gasteiger partial charge on any atom is 0.181 e. The van der Waals surface area contributed by atoms with Crippen LogP contribution in [0.1, 0.15) is 24.5 Å². The zero-order chi connectivity index (χ0) is 9.54. The molecule has 0 amide bonds. The fourth-order valence-corrected chi connectivity index (χ4v) is 1.69. The fourth-order valence-electron chi connectivity index (χ4n) is 1.69. The molecule has 0 saturated heterocycles. The van der Waals surface area contributed by atoms with Crippen LogP contribution >= 0.6 is 0 Å². The lowest BCUT2D eigenvalue weighted by Crippen LogP contribution is -1.85. The van der Waals surface area contributed by atoms with Gasteiger partial charge in [0.05, 0.1) is 13.3 Å². The van der Waals surface area contributed by atoms with Crippen molar-refractivity contribution < 1.29 is 4.74 Å². The molecule has 4 nitrogen and oxygen atoms in total. The average molecular weight is 189 g/mol. The number of aromatic nitrogens is 3. The molecule has 1 aliphatic carbocycles. The summed E-state index contributed by atoms with van der Waals surface area (Å²) in [6.07, 6.45) is 4.21. The van der Waals surface area contributed by atoms with Gasteiger partial charge in [0.15, 0.2) is 5.65 Å². The van der Waals surface area contributed by atoms with Gasteiger partial charge in [0.2, 0.25) is 0 Å². The number of H-pyrrole nitrogens is 1. The highest BCUT2D eigenvalue weighted by Crippen LogP contribution is 2.41. The Balaban J connectivity index is 2.20. The Morgan fingerprint density at radius 3 is 3.07 bits per heavy atom. The van der Waals surface area contributed by atoms with Crippen molar-refractivity contribution in [2.75, 3.05) is 7.11 Å². The number of fused-ring (bicyclic) bond motifs is 1. The molecular formula is C10H11N3O. The van der Waals surface area contributed by atoms with E-state index in [1.54, 1.807) is 13.3 Å². The van der Waals surface area contributed by atoms with Crippen molar-refractivity contribution in [2.24, 2.45) is 0 Å². The molecule has 1 fully saturated rings. The molecule has 2 aromatic heterocycles. The van der Waals surface area contributed by atoms with Gasteiger partial charge < -0.3 is 4.74 Å². The van der Waals surface area contributed by atoms with Crippen molar-refractivity contribution in [1.82, 2.24) is 15.2 Å². The number of hydrogen-bond acceptors (Lipinski definition) is 3. The maximum atomic E-state index is 5.14.